The topological polar surface area (TPSA) is 0 Å². The highest BCUT2D eigenvalue weighted by molar-refractivity contribution is 7.04. The largest absolute Gasteiger partial charge is 0.113 e. The van der Waals surface area contributed by atoms with Gasteiger partial charge in [0, 0.05) is 0 Å². The quantitative estimate of drug-likeness (QED) is 0.137. The smallest absolute Gasteiger partial charge is 0.0623 e. The normalized spacial score (nSPS) is 13.1. The van der Waals surface area contributed by atoms with Crippen LogP contribution in [0.1, 0.15) is 0 Å². The van der Waals surface area contributed by atoms with Crippen molar-refractivity contribution in [1.29, 1.82) is 0 Å². The number of benzene rings is 8. The maximum Gasteiger partial charge on any atom is 0.113 e. The molecule has 1 heterocycles. The Kier molecular flexibility index (Phi) is 6.38. The molecule has 0 N–H and O–H groups in total. The van der Waals surface area contributed by atoms with E-state index in [2.05, 4.69) is 183 Å². The Morgan fingerprint density at radius 2 is 0.702 bits per heavy atom. The highest BCUT2D eigenvalue weighted by atomic mass is 28.3. The molecule has 0 nitrogen and oxygen atoms in total. The number of hydrogen-bond acceptors (Lipinski definition) is 0. The molecule has 1 aliphatic rings. The maximum absolute atomic E-state index is 2.59. The Labute approximate surface area is 277 Å². The van der Waals surface area contributed by atoms with Crippen LogP contribution in [0.2, 0.25) is 13.1 Å². The third kappa shape index (κ3) is 4.27. The highest BCUT2D eigenvalue weighted by Gasteiger charge is 2.38. The minimum absolute atomic E-state index is 1.24. The zero-order valence-corrected chi connectivity index (χ0v) is 27.7. The summed E-state index contributed by atoms with van der Waals surface area (Å²) in [5.41, 5.74) is 13.0. The number of hydrogen-bond donors (Lipinski definition) is 0. The van der Waals surface area contributed by atoms with Crippen molar-refractivity contribution in [3.8, 4) is 55.6 Å². The van der Waals surface area contributed by atoms with Gasteiger partial charge in [-0.15, -0.1) is 0 Å². The second kappa shape index (κ2) is 10.8. The lowest BCUT2D eigenvalue weighted by Crippen LogP contribution is -2.49. The Morgan fingerprint density at radius 1 is 0.298 bits per heavy atom. The van der Waals surface area contributed by atoms with Gasteiger partial charge in [-0.25, -0.2) is 0 Å². The zero-order valence-electron chi connectivity index (χ0n) is 26.7. The lowest BCUT2D eigenvalue weighted by Gasteiger charge is -2.24. The molecule has 0 aliphatic carbocycles. The number of fused-ring (bicyclic) bond motifs is 5. The minimum Gasteiger partial charge on any atom is -0.0623 e. The molecule has 0 fully saturated rings. The van der Waals surface area contributed by atoms with E-state index in [4.69, 9.17) is 0 Å². The first-order chi connectivity index (χ1) is 23.1. The molecule has 0 saturated carbocycles. The van der Waals surface area contributed by atoms with Crippen molar-refractivity contribution >= 4 is 40.0 Å². The van der Waals surface area contributed by atoms with Crippen LogP contribution in [-0.4, -0.2) is 8.07 Å². The van der Waals surface area contributed by atoms with Gasteiger partial charge in [0.05, 0.1) is 0 Å². The van der Waals surface area contributed by atoms with Crippen molar-refractivity contribution in [3.05, 3.63) is 170 Å². The van der Waals surface area contributed by atoms with Crippen LogP contribution in [0.5, 0.6) is 0 Å². The van der Waals surface area contributed by atoms with Crippen LogP contribution in [0.15, 0.2) is 170 Å². The molecule has 0 unspecified atom stereocenters. The Bertz CT molecular complexity index is 2470. The Hall–Kier alpha value is -5.50. The summed E-state index contributed by atoms with van der Waals surface area (Å²) in [7, 11) is -1.93. The van der Waals surface area contributed by atoms with Gasteiger partial charge in [0.1, 0.15) is 8.07 Å². The van der Waals surface area contributed by atoms with Crippen molar-refractivity contribution in [1.82, 2.24) is 0 Å². The molecule has 0 radical (unpaired) electrons. The second-order valence-corrected chi connectivity index (χ2v) is 17.6. The second-order valence-electron chi connectivity index (χ2n) is 13.2. The molecule has 8 aromatic rings. The van der Waals surface area contributed by atoms with Gasteiger partial charge in [-0.2, -0.15) is 0 Å². The summed E-state index contributed by atoms with van der Waals surface area (Å²) in [6.07, 6.45) is 0. The predicted octanol–water partition coefficient (Wildman–Crippen LogP) is 11.5. The average molecular weight is 615 g/mol. The molecule has 0 aromatic heterocycles. The van der Waals surface area contributed by atoms with Crippen LogP contribution in [-0.2, 0) is 0 Å². The maximum atomic E-state index is 2.59. The van der Waals surface area contributed by atoms with Crippen molar-refractivity contribution in [2.75, 3.05) is 0 Å². The molecular formula is C46H34Si. The summed E-state index contributed by atoms with van der Waals surface area (Å²) in [4.78, 5) is 0. The molecule has 9 rings (SSSR count). The fourth-order valence-electron chi connectivity index (χ4n) is 8.09. The van der Waals surface area contributed by atoms with E-state index in [0.717, 1.165) is 0 Å². The summed E-state index contributed by atoms with van der Waals surface area (Å²) >= 11 is 0. The average Bonchev–Trinajstić information content (AvgIpc) is 3.36. The molecule has 1 aliphatic heterocycles. The first-order valence-electron chi connectivity index (χ1n) is 16.5. The molecule has 0 spiro atoms. The summed E-state index contributed by atoms with van der Waals surface area (Å²) in [6.45, 7) is 5.04. The summed E-state index contributed by atoms with van der Waals surface area (Å²) in [6, 6.07) is 63.0. The van der Waals surface area contributed by atoms with Crippen LogP contribution in [0.3, 0.4) is 0 Å². The first kappa shape index (κ1) is 27.8. The SMILES string of the molecule is C[Si]1(C)c2ccccc2-c2cc3c(-c4ccccc4-c4ccccc4)c4ccccc4c(-c4ccccc4-c4ccccc4)c3cc21. The van der Waals surface area contributed by atoms with E-state index in [1.807, 2.05) is 0 Å². The molecule has 0 amide bonds. The van der Waals surface area contributed by atoms with Gasteiger partial charge in [0.25, 0.3) is 0 Å². The van der Waals surface area contributed by atoms with Crippen LogP contribution in [0.4, 0.5) is 0 Å². The van der Waals surface area contributed by atoms with E-state index in [9.17, 15) is 0 Å². The van der Waals surface area contributed by atoms with Crippen molar-refractivity contribution in [2.24, 2.45) is 0 Å². The van der Waals surface area contributed by atoms with E-state index >= 15 is 0 Å². The van der Waals surface area contributed by atoms with Crippen LogP contribution in [0.25, 0.3) is 77.2 Å². The lowest BCUT2D eigenvalue weighted by molar-refractivity contribution is 1.60. The van der Waals surface area contributed by atoms with Crippen molar-refractivity contribution in [2.45, 2.75) is 13.1 Å². The Morgan fingerprint density at radius 3 is 1.23 bits per heavy atom. The van der Waals surface area contributed by atoms with E-state index in [1.54, 1.807) is 0 Å². The molecule has 1 heteroatoms. The van der Waals surface area contributed by atoms with E-state index in [0.29, 0.717) is 0 Å². The molecule has 0 bridgehead atoms. The van der Waals surface area contributed by atoms with Gasteiger partial charge >= 0.3 is 0 Å². The molecule has 8 aromatic carbocycles. The number of rotatable bonds is 4. The summed E-state index contributed by atoms with van der Waals surface area (Å²) in [5.74, 6) is 0. The van der Waals surface area contributed by atoms with Gasteiger partial charge < -0.3 is 0 Å². The van der Waals surface area contributed by atoms with Gasteiger partial charge in [-0.05, 0) is 93.6 Å². The zero-order chi connectivity index (χ0) is 31.5. The van der Waals surface area contributed by atoms with Crippen LogP contribution >= 0.6 is 0 Å². The molecular weight excluding hydrogens is 581 g/mol. The predicted molar refractivity (Wildman–Crippen MR) is 205 cm³/mol. The highest BCUT2D eigenvalue weighted by Crippen LogP contribution is 2.49. The summed E-state index contributed by atoms with van der Waals surface area (Å²) in [5, 5.41) is 8.27. The summed E-state index contributed by atoms with van der Waals surface area (Å²) < 4.78 is 0. The van der Waals surface area contributed by atoms with E-state index < -0.39 is 8.07 Å². The van der Waals surface area contributed by atoms with Crippen molar-refractivity contribution in [3.63, 3.8) is 0 Å². The van der Waals surface area contributed by atoms with Crippen LogP contribution in [0, 0.1) is 0 Å². The van der Waals surface area contributed by atoms with Gasteiger partial charge in [-0.3, -0.25) is 0 Å². The monoisotopic (exact) mass is 614 g/mol. The fraction of sp³-hybridized carbons (Fsp3) is 0.0435. The lowest BCUT2D eigenvalue weighted by atomic mass is 9.81. The third-order valence-corrected chi connectivity index (χ3v) is 13.8. The third-order valence-electron chi connectivity index (χ3n) is 10.3. The van der Waals surface area contributed by atoms with Gasteiger partial charge in [0.2, 0.25) is 0 Å². The van der Waals surface area contributed by atoms with E-state index in [1.165, 1.54) is 87.6 Å². The molecule has 0 atom stereocenters. The molecule has 222 valence electrons. The Balaban J connectivity index is 1.48. The van der Waals surface area contributed by atoms with E-state index in [-0.39, 0.29) is 0 Å². The minimum atomic E-state index is -1.93. The standard InChI is InChI=1S/C46H34Si/c1-47(2)43-28-16-15-23-35(43)40-29-41-42(30-44(40)47)46(37-25-12-10-22-34(37)32-19-7-4-8-20-32)39-27-14-13-26-38(39)45(41)36-24-11-9-21-33(36)31-17-5-3-6-18-31/h3-30H,1-2H3. The van der Waals surface area contributed by atoms with Gasteiger partial charge in [0.15, 0.2) is 0 Å². The first-order valence-corrected chi connectivity index (χ1v) is 19.5. The van der Waals surface area contributed by atoms with Gasteiger partial charge in [-0.1, -0.05) is 177 Å². The molecule has 47 heavy (non-hydrogen) atoms. The molecule has 0 saturated heterocycles. The van der Waals surface area contributed by atoms with Crippen LogP contribution < -0.4 is 10.4 Å². The van der Waals surface area contributed by atoms with Crippen molar-refractivity contribution < 1.29 is 0 Å². The fourth-order valence-corrected chi connectivity index (χ4v) is 11.2.